The van der Waals surface area contributed by atoms with Crippen molar-refractivity contribution in [1.29, 1.82) is 0 Å². The van der Waals surface area contributed by atoms with E-state index in [9.17, 15) is 38.7 Å². The molecule has 1 aliphatic heterocycles. The molecule has 5 N–H and O–H groups in total. The van der Waals surface area contributed by atoms with Crippen LogP contribution in [0, 0.1) is 0 Å². The lowest BCUT2D eigenvalue weighted by molar-refractivity contribution is -0.423. The van der Waals surface area contributed by atoms with Crippen LogP contribution in [0.2, 0.25) is 0 Å². The molecule has 1 saturated heterocycles. The van der Waals surface area contributed by atoms with Crippen molar-refractivity contribution in [3.63, 3.8) is 0 Å². The summed E-state index contributed by atoms with van der Waals surface area (Å²) in [4.78, 5) is 0. The van der Waals surface area contributed by atoms with Crippen LogP contribution in [0.15, 0.2) is 28.7 Å². The minimum atomic E-state index is -4.85. The molecule has 2 aromatic rings. The smallest absolute Gasteiger partial charge is 0.417 e. The van der Waals surface area contributed by atoms with Gasteiger partial charge in [-0.3, -0.25) is 4.68 Å². The third kappa shape index (κ3) is 5.19. The number of aromatic nitrogens is 2. The molecule has 5 atom stereocenters. The maximum absolute atomic E-state index is 14.1. The van der Waals surface area contributed by atoms with E-state index in [4.69, 9.17) is 9.47 Å². The number of hydrogen-bond acceptors (Lipinski definition) is 8. The minimum Gasteiger partial charge on any atom is -0.417 e. The number of aliphatic hydroxyl groups is 5. The maximum Gasteiger partial charge on any atom is 0.433 e. The number of hydrogen-bond donors (Lipinski definition) is 5. The molecule has 3 rings (SSSR count). The normalized spacial score (nSPS) is 28.4. The molecule has 13 heteroatoms. The number of nitrogens with zero attached hydrogens (tertiary/aromatic N) is 2. The monoisotopic (exact) mass is 540 g/mol. The number of halogens is 4. The number of alkyl halides is 3. The fourth-order valence-electron chi connectivity index (χ4n) is 3.52. The molecule has 1 aliphatic rings. The molecule has 2 heterocycles. The van der Waals surface area contributed by atoms with Gasteiger partial charge in [-0.2, -0.15) is 13.2 Å². The largest absolute Gasteiger partial charge is 0.433 e. The van der Waals surface area contributed by atoms with Gasteiger partial charge in [0.1, 0.15) is 24.0 Å². The number of rotatable bonds is 6. The van der Waals surface area contributed by atoms with Gasteiger partial charge in [-0.05, 0) is 31.5 Å². The predicted octanol–water partition coefficient (Wildman–Crippen LogP) is 1.33. The van der Waals surface area contributed by atoms with E-state index in [2.05, 4.69) is 21.0 Å². The number of aliphatic hydroxyl groups excluding tert-OH is 4. The molecule has 0 aliphatic carbocycles. The van der Waals surface area contributed by atoms with E-state index in [-0.39, 0.29) is 6.42 Å². The first-order valence-electron chi connectivity index (χ1n) is 9.95. The van der Waals surface area contributed by atoms with E-state index in [1.54, 1.807) is 24.3 Å². The molecule has 0 saturated carbocycles. The molecule has 1 aromatic heterocycles. The van der Waals surface area contributed by atoms with Crippen molar-refractivity contribution in [2.75, 3.05) is 6.61 Å². The van der Waals surface area contributed by atoms with Gasteiger partial charge in [-0.15, -0.1) is 5.10 Å². The highest BCUT2D eigenvalue weighted by Crippen LogP contribution is 2.41. The number of ether oxygens (including phenoxy) is 2. The van der Waals surface area contributed by atoms with Gasteiger partial charge in [-0.25, -0.2) is 0 Å². The molecule has 1 fully saturated rings. The zero-order valence-corrected chi connectivity index (χ0v) is 19.2. The van der Waals surface area contributed by atoms with Gasteiger partial charge >= 0.3 is 12.1 Å². The summed E-state index contributed by atoms with van der Waals surface area (Å²) in [6.45, 7) is 2.06. The van der Waals surface area contributed by atoms with Crippen molar-refractivity contribution in [3.05, 3.63) is 45.6 Å². The Kier molecular flexibility index (Phi) is 7.44. The second-order valence-corrected chi connectivity index (χ2v) is 8.88. The summed E-state index contributed by atoms with van der Waals surface area (Å²) in [5.74, 6) is -3.79. The van der Waals surface area contributed by atoms with E-state index >= 15 is 0 Å². The van der Waals surface area contributed by atoms with Gasteiger partial charge in [-0.1, -0.05) is 28.1 Å². The summed E-state index contributed by atoms with van der Waals surface area (Å²) in [6.07, 6.45) is -12.8. The summed E-state index contributed by atoms with van der Waals surface area (Å²) < 4.78 is 53.8. The molecular formula is C20H24BrF3N2O7. The second kappa shape index (κ2) is 9.49. The van der Waals surface area contributed by atoms with Gasteiger partial charge < -0.3 is 35.0 Å². The Hall–Kier alpha value is -1.74. The van der Waals surface area contributed by atoms with Gasteiger partial charge in [0.05, 0.1) is 12.2 Å². The van der Waals surface area contributed by atoms with Crippen molar-refractivity contribution < 1.29 is 48.2 Å². The van der Waals surface area contributed by atoms with E-state index in [0.717, 1.165) is 0 Å². The molecule has 0 spiro atoms. The standard InChI is InChI=1S/C20H24BrF3N2O7/c1-9(2)26-16(19(22,23)24)12(7-10-3-5-11(21)6-4-10)18(25-26)33-20(31)17(30)15(29)14(28)13(8-27)32-20/h3-6,9,13-15,17,27-31H,7-8H2,1-2H3/t13-,14-,15+,17-,20+/m1/s1. The first kappa shape index (κ1) is 25.9. The molecule has 0 bridgehead atoms. The molecule has 0 radical (unpaired) electrons. The lowest BCUT2D eigenvalue weighted by Gasteiger charge is -2.43. The molecule has 0 amide bonds. The lowest BCUT2D eigenvalue weighted by atomic mass is 9.98. The Morgan fingerprint density at radius 1 is 1.18 bits per heavy atom. The highest BCUT2D eigenvalue weighted by Gasteiger charge is 2.56. The Labute approximate surface area is 195 Å². The fraction of sp³-hybridized carbons (Fsp3) is 0.550. The number of benzene rings is 1. The van der Waals surface area contributed by atoms with Crippen LogP contribution in [0.4, 0.5) is 13.2 Å². The summed E-state index contributed by atoms with van der Waals surface area (Å²) in [5, 5.41) is 54.1. The van der Waals surface area contributed by atoms with Crippen LogP contribution in [-0.2, 0) is 17.3 Å². The summed E-state index contributed by atoms with van der Waals surface area (Å²) in [5.41, 5.74) is -1.09. The molecule has 0 unspecified atom stereocenters. The Balaban J connectivity index is 2.11. The van der Waals surface area contributed by atoms with Crippen LogP contribution >= 0.6 is 15.9 Å². The summed E-state index contributed by atoms with van der Waals surface area (Å²) in [7, 11) is 0. The molecule has 33 heavy (non-hydrogen) atoms. The van der Waals surface area contributed by atoms with Crippen molar-refractivity contribution in [2.45, 2.75) is 62.9 Å². The van der Waals surface area contributed by atoms with Gasteiger partial charge in [0.15, 0.2) is 6.10 Å². The first-order chi connectivity index (χ1) is 15.3. The molecule has 9 nitrogen and oxygen atoms in total. The van der Waals surface area contributed by atoms with E-state index in [1.807, 2.05) is 0 Å². The van der Waals surface area contributed by atoms with Crippen LogP contribution in [0.25, 0.3) is 0 Å². The maximum atomic E-state index is 14.1. The van der Waals surface area contributed by atoms with Crippen LogP contribution in [0.5, 0.6) is 5.88 Å². The minimum absolute atomic E-state index is 0.301. The topological polar surface area (TPSA) is 137 Å². The molecule has 184 valence electrons. The van der Waals surface area contributed by atoms with Crippen molar-refractivity contribution in [2.24, 2.45) is 0 Å². The Bertz CT molecular complexity index is 968. The second-order valence-electron chi connectivity index (χ2n) is 7.97. The van der Waals surface area contributed by atoms with E-state index < -0.39 is 66.4 Å². The Morgan fingerprint density at radius 2 is 1.79 bits per heavy atom. The van der Waals surface area contributed by atoms with Crippen molar-refractivity contribution in [1.82, 2.24) is 9.78 Å². The van der Waals surface area contributed by atoms with Gasteiger partial charge in [0.25, 0.3) is 0 Å². The zero-order chi connectivity index (χ0) is 24.7. The zero-order valence-electron chi connectivity index (χ0n) is 17.6. The SMILES string of the molecule is CC(C)n1nc(O[C@@]2(O)O[C@H](CO)[C@@H](O)[C@H](O)[C@H]2O)c(Cc2ccc(Br)cc2)c1C(F)(F)F. The van der Waals surface area contributed by atoms with Crippen LogP contribution in [0.3, 0.4) is 0 Å². The first-order valence-corrected chi connectivity index (χ1v) is 10.7. The van der Waals surface area contributed by atoms with E-state index in [1.165, 1.54) is 13.8 Å². The lowest BCUT2D eigenvalue weighted by Crippen LogP contribution is -2.67. The summed E-state index contributed by atoms with van der Waals surface area (Å²) in [6, 6.07) is 5.70. The fourth-order valence-corrected chi connectivity index (χ4v) is 3.78. The van der Waals surface area contributed by atoms with Gasteiger partial charge in [0.2, 0.25) is 5.88 Å². The highest BCUT2D eigenvalue weighted by atomic mass is 79.9. The average molecular weight is 541 g/mol. The van der Waals surface area contributed by atoms with Crippen molar-refractivity contribution in [3.8, 4) is 5.88 Å². The van der Waals surface area contributed by atoms with Crippen molar-refractivity contribution >= 4 is 15.9 Å². The Morgan fingerprint density at radius 3 is 2.30 bits per heavy atom. The highest BCUT2D eigenvalue weighted by molar-refractivity contribution is 9.10. The van der Waals surface area contributed by atoms with E-state index in [0.29, 0.717) is 14.7 Å². The molecule has 1 aromatic carbocycles. The summed E-state index contributed by atoms with van der Waals surface area (Å²) >= 11 is 3.25. The third-order valence-corrected chi connectivity index (χ3v) is 5.72. The average Bonchev–Trinajstić information content (AvgIpc) is 3.09. The quantitative estimate of drug-likeness (QED) is 0.346. The van der Waals surface area contributed by atoms with Gasteiger partial charge in [0, 0.05) is 16.9 Å². The van der Waals surface area contributed by atoms with Crippen LogP contribution in [0.1, 0.15) is 36.7 Å². The van der Waals surface area contributed by atoms with Crippen LogP contribution in [-0.4, -0.2) is 72.3 Å². The third-order valence-electron chi connectivity index (χ3n) is 5.19. The van der Waals surface area contributed by atoms with Crippen LogP contribution < -0.4 is 4.74 Å². The molecular weight excluding hydrogens is 517 g/mol. The predicted molar refractivity (Wildman–Crippen MR) is 110 cm³/mol.